The number of hydrogen-bond donors (Lipinski definition) is 0. The Labute approximate surface area is 119 Å². The first-order valence-corrected chi connectivity index (χ1v) is 6.93. The van der Waals surface area contributed by atoms with Gasteiger partial charge in [-0.3, -0.25) is 4.79 Å². The molecule has 0 spiro atoms. The molecule has 0 unspecified atom stereocenters. The van der Waals surface area contributed by atoms with Gasteiger partial charge in [0.2, 0.25) is 0 Å². The Morgan fingerprint density at radius 2 is 1.70 bits per heavy atom. The summed E-state index contributed by atoms with van der Waals surface area (Å²) in [5.41, 5.74) is 2.97. The number of aldehydes is 1. The van der Waals surface area contributed by atoms with Crippen LogP contribution in [0.3, 0.4) is 0 Å². The van der Waals surface area contributed by atoms with Gasteiger partial charge in [0.25, 0.3) is 0 Å². The van der Waals surface area contributed by atoms with Gasteiger partial charge in [-0.1, -0.05) is 60.4 Å². The topological polar surface area (TPSA) is 17.1 Å². The summed E-state index contributed by atoms with van der Waals surface area (Å²) in [5, 5.41) is 0. The van der Waals surface area contributed by atoms with E-state index in [2.05, 4.69) is 36.1 Å². The Hall–Kier alpha value is -2.33. The fourth-order valence-corrected chi connectivity index (χ4v) is 2.40. The van der Waals surface area contributed by atoms with Crippen LogP contribution in [0.15, 0.2) is 54.6 Å². The molecule has 0 bridgehead atoms. The minimum atomic E-state index is 0.122. The Morgan fingerprint density at radius 1 is 1.00 bits per heavy atom. The minimum absolute atomic E-state index is 0.122. The molecule has 3 rings (SSSR count). The standard InChI is InChI=1S/C19H16O/c20-15-18-9-5-4-8-17(18)10-11-19(12-13-19)14-16-6-2-1-3-7-16/h1-9,15H,12-14H2. The highest BCUT2D eigenvalue weighted by Gasteiger charge is 2.40. The maximum atomic E-state index is 11.0. The van der Waals surface area contributed by atoms with Gasteiger partial charge >= 0.3 is 0 Å². The average molecular weight is 260 g/mol. The van der Waals surface area contributed by atoms with Crippen LogP contribution in [0.5, 0.6) is 0 Å². The molecule has 1 heteroatoms. The van der Waals surface area contributed by atoms with Gasteiger partial charge in [-0.05, 0) is 30.9 Å². The Balaban J connectivity index is 1.81. The first kappa shape index (κ1) is 12.7. The van der Waals surface area contributed by atoms with Gasteiger partial charge in [-0.25, -0.2) is 0 Å². The molecule has 20 heavy (non-hydrogen) atoms. The fourth-order valence-electron chi connectivity index (χ4n) is 2.40. The van der Waals surface area contributed by atoms with Crippen molar-refractivity contribution < 1.29 is 4.79 Å². The van der Waals surface area contributed by atoms with Crippen molar-refractivity contribution in [2.75, 3.05) is 0 Å². The maximum Gasteiger partial charge on any atom is 0.151 e. The van der Waals surface area contributed by atoms with Crippen molar-refractivity contribution in [3.05, 3.63) is 71.3 Å². The summed E-state index contributed by atoms with van der Waals surface area (Å²) in [5.74, 6) is 6.61. The molecular weight excluding hydrogens is 244 g/mol. The zero-order valence-corrected chi connectivity index (χ0v) is 11.3. The predicted octanol–water partition coefficient (Wildman–Crippen LogP) is 3.87. The summed E-state index contributed by atoms with van der Waals surface area (Å²) < 4.78 is 0. The second kappa shape index (κ2) is 5.35. The lowest BCUT2D eigenvalue weighted by Crippen LogP contribution is -2.01. The molecule has 0 aliphatic heterocycles. The molecule has 0 atom stereocenters. The third-order valence-electron chi connectivity index (χ3n) is 3.79. The summed E-state index contributed by atoms with van der Waals surface area (Å²) in [6.07, 6.45) is 4.18. The van der Waals surface area contributed by atoms with Crippen LogP contribution in [-0.2, 0) is 6.42 Å². The van der Waals surface area contributed by atoms with Crippen LogP contribution in [0.4, 0.5) is 0 Å². The highest BCUT2D eigenvalue weighted by atomic mass is 16.1. The van der Waals surface area contributed by atoms with E-state index in [9.17, 15) is 4.79 Å². The monoisotopic (exact) mass is 260 g/mol. The van der Waals surface area contributed by atoms with Crippen LogP contribution in [-0.4, -0.2) is 6.29 Å². The Bertz CT molecular complexity index is 670. The highest BCUT2D eigenvalue weighted by molar-refractivity contribution is 5.79. The second-order valence-corrected chi connectivity index (χ2v) is 5.40. The predicted molar refractivity (Wildman–Crippen MR) is 80.5 cm³/mol. The molecule has 0 aromatic heterocycles. The maximum absolute atomic E-state index is 11.0. The molecule has 0 N–H and O–H groups in total. The van der Waals surface area contributed by atoms with E-state index in [0.29, 0.717) is 5.56 Å². The summed E-state index contributed by atoms with van der Waals surface area (Å²) in [6.45, 7) is 0. The molecule has 1 aliphatic rings. The van der Waals surface area contributed by atoms with Crippen LogP contribution < -0.4 is 0 Å². The largest absolute Gasteiger partial charge is 0.298 e. The molecule has 2 aromatic rings. The molecule has 0 amide bonds. The fraction of sp³-hybridized carbons (Fsp3) is 0.211. The summed E-state index contributed by atoms with van der Waals surface area (Å²) >= 11 is 0. The molecule has 0 radical (unpaired) electrons. The number of carbonyl (C=O) groups excluding carboxylic acids is 1. The lowest BCUT2D eigenvalue weighted by molar-refractivity contribution is 0.112. The molecule has 2 aromatic carbocycles. The van der Waals surface area contributed by atoms with Crippen LogP contribution in [0, 0.1) is 17.3 Å². The van der Waals surface area contributed by atoms with E-state index in [1.54, 1.807) is 0 Å². The Morgan fingerprint density at radius 3 is 2.40 bits per heavy atom. The van der Waals surface area contributed by atoms with E-state index in [-0.39, 0.29) is 5.41 Å². The molecule has 1 nitrogen and oxygen atoms in total. The van der Waals surface area contributed by atoms with Crippen molar-refractivity contribution in [3.63, 3.8) is 0 Å². The van der Waals surface area contributed by atoms with E-state index >= 15 is 0 Å². The zero-order valence-electron chi connectivity index (χ0n) is 11.3. The highest BCUT2D eigenvalue weighted by Crippen LogP contribution is 2.47. The quantitative estimate of drug-likeness (QED) is 0.604. The first-order valence-electron chi connectivity index (χ1n) is 6.93. The van der Waals surface area contributed by atoms with Gasteiger partial charge in [0.05, 0.1) is 0 Å². The van der Waals surface area contributed by atoms with E-state index in [1.807, 2.05) is 30.3 Å². The van der Waals surface area contributed by atoms with Crippen molar-refractivity contribution in [3.8, 4) is 11.8 Å². The zero-order chi connectivity index (χ0) is 13.8. The molecular formula is C19H16O. The van der Waals surface area contributed by atoms with Crippen molar-refractivity contribution >= 4 is 6.29 Å². The summed E-state index contributed by atoms with van der Waals surface area (Å²) in [6, 6.07) is 18.0. The van der Waals surface area contributed by atoms with E-state index in [0.717, 1.165) is 31.1 Å². The van der Waals surface area contributed by atoms with Crippen LogP contribution in [0.2, 0.25) is 0 Å². The minimum Gasteiger partial charge on any atom is -0.298 e. The SMILES string of the molecule is O=Cc1ccccc1C#CC1(Cc2ccccc2)CC1. The number of benzene rings is 2. The first-order chi connectivity index (χ1) is 9.81. The molecule has 0 saturated heterocycles. The smallest absolute Gasteiger partial charge is 0.151 e. The van der Waals surface area contributed by atoms with Crippen molar-refractivity contribution in [2.24, 2.45) is 5.41 Å². The Kier molecular flexibility index (Phi) is 3.39. The van der Waals surface area contributed by atoms with Gasteiger partial charge in [-0.15, -0.1) is 0 Å². The van der Waals surface area contributed by atoms with Crippen LogP contribution >= 0.6 is 0 Å². The average Bonchev–Trinajstić information content (AvgIpc) is 3.26. The van der Waals surface area contributed by atoms with Gasteiger partial charge in [0, 0.05) is 16.5 Å². The molecule has 1 fully saturated rings. The van der Waals surface area contributed by atoms with Gasteiger partial charge in [0.1, 0.15) is 0 Å². The van der Waals surface area contributed by atoms with Gasteiger partial charge in [0.15, 0.2) is 6.29 Å². The van der Waals surface area contributed by atoms with E-state index < -0.39 is 0 Å². The van der Waals surface area contributed by atoms with Gasteiger partial charge < -0.3 is 0 Å². The number of hydrogen-bond acceptors (Lipinski definition) is 1. The third kappa shape index (κ3) is 2.81. The van der Waals surface area contributed by atoms with Crippen molar-refractivity contribution in [2.45, 2.75) is 19.3 Å². The summed E-state index contributed by atoms with van der Waals surface area (Å²) in [7, 11) is 0. The van der Waals surface area contributed by atoms with Gasteiger partial charge in [-0.2, -0.15) is 0 Å². The van der Waals surface area contributed by atoms with E-state index in [4.69, 9.17) is 0 Å². The number of carbonyl (C=O) groups is 1. The normalized spacial score (nSPS) is 15.0. The van der Waals surface area contributed by atoms with Crippen molar-refractivity contribution in [1.82, 2.24) is 0 Å². The lowest BCUT2D eigenvalue weighted by atomic mass is 9.96. The molecule has 98 valence electrons. The van der Waals surface area contributed by atoms with Crippen LogP contribution in [0.25, 0.3) is 0 Å². The lowest BCUT2D eigenvalue weighted by Gasteiger charge is -2.07. The third-order valence-corrected chi connectivity index (χ3v) is 3.79. The van der Waals surface area contributed by atoms with Crippen molar-refractivity contribution in [1.29, 1.82) is 0 Å². The van der Waals surface area contributed by atoms with E-state index in [1.165, 1.54) is 5.56 Å². The molecule has 1 saturated carbocycles. The molecule has 1 aliphatic carbocycles. The molecule has 0 heterocycles. The number of rotatable bonds is 3. The van der Waals surface area contributed by atoms with Crippen LogP contribution in [0.1, 0.15) is 34.3 Å². The second-order valence-electron chi connectivity index (χ2n) is 5.40. The summed E-state index contributed by atoms with van der Waals surface area (Å²) in [4.78, 5) is 11.0.